The molecule has 2 aromatic rings. The normalized spacial score (nSPS) is 16.9. The number of nitrogens with zero attached hydrogens (tertiary/aromatic N) is 1. The average molecular weight is 323 g/mol. The van der Waals surface area contributed by atoms with Gasteiger partial charge in [-0.2, -0.15) is 0 Å². The molecule has 1 saturated heterocycles. The second kappa shape index (κ2) is 6.73. The van der Waals surface area contributed by atoms with Gasteiger partial charge in [0, 0.05) is 0 Å². The van der Waals surface area contributed by atoms with Crippen LogP contribution in [0, 0.1) is 0 Å². The van der Waals surface area contributed by atoms with Crippen LogP contribution in [0.15, 0.2) is 77.7 Å². The summed E-state index contributed by atoms with van der Waals surface area (Å²) in [4.78, 5) is 14.7. The summed E-state index contributed by atoms with van der Waals surface area (Å²) in [5, 5.41) is 0. The third-order valence-electron chi connectivity index (χ3n) is 3.14. The van der Waals surface area contributed by atoms with E-state index in [9.17, 15) is 4.79 Å². The van der Waals surface area contributed by atoms with Crippen LogP contribution in [0.5, 0.6) is 0 Å². The van der Waals surface area contributed by atoms with Gasteiger partial charge in [0.2, 0.25) is 0 Å². The fraction of sp³-hybridized carbons (Fsp3) is 0. The van der Waals surface area contributed by atoms with Crippen LogP contribution >= 0.6 is 24.0 Å². The maximum Gasteiger partial charge on any atom is 0.270 e. The summed E-state index contributed by atoms with van der Waals surface area (Å²) in [5.74, 6) is -0.0705. The van der Waals surface area contributed by atoms with E-state index in [1.807, 2.05) is 78.9 Å². The molecule has 0 radical (unpaired) electrons. The second-order valence-corrected chi connectivity index (χ2v) is 6.32. The first-order chi connectivity index (χ1) is 10.8. The van der Waals surface area contributed by atoms with Crippen molar-refractivity contribution in [1.29, 1.82) is 0 Å². The largest absolute Gasteiger partial charge is 0.270 e. The lowest BCUT2D eigenvalue weighted by Gasteiger charge is -2.13. The maximum absolute atomic E-state index is 12.5. The number of carbonyl (C=O) groups is 1. The zero-order valence-corrected chi connectivity index (χ0v) is 13.3. The fourth-order valence-corrected chi connectivity index (χ4v) is 3.34. The maximum atomic E-state index is 12.5. The standard InChI is InChI=1S/C18H13NOS2/c20-17-16(13-7-10-14-8-3-1-4-9-14)22-18(21)19(17)15-11-5-2-6-12-15/h1-13H/b10-7+,16-13-. The van der Waals surface area contributed by atoms with Gasteiger partial charge in [0.05, 0.1) is 10.6 Å². The molecular formula is C18H13NOS2. The van der Waals surface area contributed by atoms with Gasteiger partial charge in [-0.1, -0.05) is 84.7 Å². The van der Waals surface area contributed by atoms with Gasteiger partial charge in [-0.3, -0.25) is 9.69 Å². The molecule has 0 aliphatic carbocycles. The first-order valence-electron chi connectivity index (χ1n) is 6.80. The first-order valence-corrected chi connectivity index (χ1v) is 8.03. The molecule has 1 fully saturated rings. The van der Waals surface area contributed by atoms with Gasteiger partial charge in [0.15, 0.2) is 4.32 Å². The summed E-state index contributed by atoms with van der Waals surface area (Å²) >= 11 is 6.65. The lowest BCUT2D eigenvalue weighted by molar-refractivity contribution is -0.113. The van der Waals surface area contributed by atoms with Crippen molar-refractivity contribution in [2.45, 2.75) is 0 Å². The minimum Gasteiger partial charge on any atom is -0.268 e. The molecule has 1 aliphatic heterocycles. The van der Waals surface area contributed by atoms with Crippen LogP contribution in [0.4, 0.5) is 5.69 Å². The van der Waals surface area contributed by atoms with Crippen molar-refractivity contribution < 1.29 is 4.79 Å². The molecule has 0 aromatic heterocycles. The highest BCUT2D eigenvalue weighted by atomic mass is 32.2. The van der Waals surface area contributed by atoms with Crippen LogP contribution in [0.3, 0.4) is 0 Å². The Morgan fingerprint density at radius 1 is 0.955 bits per heavy atom. The zero-order valence-electron chi connectivity index (χ0n) is 11.7. The third kappa shape index (κ3) is 3.18. The molecule has 0 bridgehead atoms. The zero-order chi connectivity index (χ0) is 15.4. The molecule has 4 heteroatoms. The minimum atomic E-state index is -0.0705. The van der Waals surface area contributed by atoms with Crippen LogP contribution in [0.2, 0.25) is 0 Å². The second-order valence-electron chi connectivity index (χ2n) is 4.64. The molecule has 2 nitrogen and oxygen atoms in total. The number of thiocarbonyl (C=S) groups is 1. The van der Waals surface area contributed by atoms with Crippen molar-refractivity contribution in [3.05, 3.63) is 83.3 Å². The highest BCUT2D eigenvalue weighted by Crippen LogP contribution is 2.34. The molecule has 3 rings (SSSR count). The van der Waals surface area contributed by atoms with Crippen molar-refractivity contribution in [3.8, 4) is 0 Å². The Kier molecular flexibility index (Phi) is 4.51. The Hall–Kier alpha value is -2.17. The first kappa shape index (κ1) is 14.8. The minimum absolute atomic E-state index is 0.0705. The van der Waals surface area contributed by atoms with Crippen LogP contribution in [0.25, 0.3) is 6.08 Å². The highest BCUT2D eigenvalue weighted by Gasteiger charge is 2.32. The van der Waals surface area contributed by atoms with Gasteiger partial charge in [-0.05, 0) is 23.8 Å². The molecular weight excluding hydrogens is 310 g/mol. The van der Waals surface area contributed by atoms with Crippen LogP contribution in [0.1, 0.15) is 5.56 Å². The number of hydrogen-bond donors (Lipinski definition) is 0. The summed E-state index contributed by atoms with van der Waals surface area (Å²) in [7, 11) is 0. The van der Waals surface area contributed by atoms with Gasteiger partial charge in [-0.15, -0.1) is 0 Å². The molecule has 1 aliphatic rings. The fourth-order valence-electron chi connectivity index (χ4n) is 2.09. The van der Waals surface area contributed by atoms with E-state index in [4.69, 9.17) is 12.2 Å². The monoisotopic (exact) mass is 323 g/mol. The van der Waals surface area contributed by atoms with E-state index in [-0.39, 0.29) is 5.91 Å². The summed E-state index contributed by atoms with van der Waals surface area (Å²) in [5.41, 5.74) is 1.90. The van der Waals surface area contributed by atoms with E-state index in [0.717, 1.165) is 11.3 Å². The van der Waals surface area contributed by atoms with E-state index >= 15 is 0 Å². The number of anilines is 1. The molecule has 0 atom stereocenters. The Labute approximate surface area is 139 Å². The Balaban J connectivity index is 1.79. The number of thioether (sulfide) groups is 1. The number of hydrogen-bond acceptors (Lipinski definition) is 3. The van der Waals surface area contributed by atoms with Gasteiger partial charge in [0.1, 0.15) is 0 Å². The van der Waals surface area contributed by atoms with Gasteiger partial charge >= 0.3 is 0 Å². The quantitative estimate of drug-likeness (QED) is 0.606. The Morgan fingerprint density at radius 3 is 2.27 bits per heavy atom. The number of benzene rings is 2. The van der Waals surface area contributed by atoms with E-state index < -0.39 is 0 Å². The summed E-state index contributed by atoms with van der Waals surface area (Å²) in [6.45, 7) is 0. The number of allylic oxidation sites excluding steroid dienone is 2. The number of carbonyl (C=O) groups excluding carboxylic acids is 1. The molecule has 1 amide bonds. The Bertz CT molecular complexity index is 751. The number of amides is 1. The van der Waals surface area contributed by atoms with Crippen LogP contribution in [-0.2, 0) is 4.79 Å². The van der Waals surface area contributed by atoms with Crippen molar-refractivity contribution in [1.82, 2.24) is 0 Å². The highest BCUT2D eigenvalue weighted by molar-refractivity contribution is 8.27. The number of rotatable bonds is 3. The summed E-state index contributed by atoms with van der Waals surface area (Å²) in [6.07, 6.45) is 5.66. The van der Waals surface area contributed by atoms with E-state index in [1.54, 1.807) is 4.90 Å². The lowest BCUT2D eigenvalue weighted by Crippen LogP contribution is -2.27. The smallest absolute Gasteiger partial charge is 0.268 e. The van der Waals surface area contributed by atoms with Crippen molar-refractivity contribution >= 4 is 46.0 Å². The van der Waals surface area contributed by atoms with Crippen LogP contribution in [-0.4, -0.2) is 10.2 Å². The van der Waals surface area contributed by atoms with Gasteiger partial charge < -0.3 is 0 Å². The summed E-state index contributed by atoms with van der Waals surface area (Å²) in [6, 6.07) is 19.4. The number of para-hydroxylation sites is 1. The van der Waals surface area contributed by atoms with E-state index in [1.165, 1.54) is 11.8 Å². The SMILES string of the molecule is O=C1/C(=C/C=C/c2ccccc2)SC(=S)N1c1ccccc1. The molecule has 108 valence electrons. The molecule has 1 heterocycles. The lowest BCUT2D eigenvalue weighted by atomic mass is 10.2. The predicted octanol–water partition coefficient (Wildman–Crippen LogP) is 4.65. The Morgan fingerprint density at radius 2 is 1.59 bits per heavy atom. The molecule has 0 unspecified atom stereocenters. The van der Waals surface area contributed by atoms with E-state index in [0.29, 0.717) is 9.23 Å². The van der Waals surface area contributed by atoms with Crippen molar-refractivity contribution in [3.63, 3.8) is 0 Å². The van der Waals surface area contributed by atoms with Gasteiger partial charge in [-0.25, -0.2) is 0 Å². The predicted molar refractivity (Wildman–Crippen MR) is 97.7 cm³/mol. The topological polar surface area (TPSA) is 20.3 Å². The van der Waals surface area contributed by atoms with Crippen LogP contribution < -0.4 is 4.90 Å². The average Bonchev–Trinajstić information content (AvgIpc) is 2.83. The molecule has 22 heavy (non-hydrogen) atoms. The van der Waals surface area contributed by atoms with Crippen molar-refractivity contribution in [2.75, 3.05) is 4.90 Å². The molecule has 0 saturated carbocycles. The third-order valence-corrected chi connectivity index (χ3v) is 4.46. The van der Waals surface area contributed by atoms with E-state index in [2.05, 4.69) is 0 Å². The van der Waals surface area contributed by atoms with Crippen molar-refractivity contribution in [2.24, 2.45) is 0 Å². The molecule has 2 aromatic carbocycles. The summed E-state index contributed by atoms with van der Waals surface area (Å²) < 4.78 is 0.565. The molecule has 0 spiro atoms. The molecule has 0 N–H and O–H groups in total. The van der Waals surface area contributed by atoms with Gasteiger partial charge in [0.25, 0.3) is 5.91 Å².